The molecule has 10 heavy (non-hydrogen) atoms. The van der Waals surface area contributed by atoms with E-state index in [1.54, 1.807) is 0 Å². The van der Waals surface area contributed by atoms with Crippen molar-refractivity contribution in [2.24, 2.45) is 11.5 Å². The van der Waals surface area contributed by atoms with Crippen LogP contribution in [0.25, 0.3) is 0 Å². The van der Waals surface area contributed by atoms with Crippen molar-refractivity contribution in [3.63, 3.8) is 0 Å². The first kappa shape index (κ1) is 16.6. The van der Waals surface area contributed by atoms with Crippen LogP contribution in [0.3, 0.4) is 0 Å². The fourth-order valence-corrected chi connectivity index (χ4v) is 0. The van der Waals surface area contributed by atoms with E-state index in [0.717, 1.165) is 0 Å². The maximum absolute atomic E-state index is 8.66. The molecule has 6 N–H and O–H groups in total. The minimum Gasteiger partial charge on any atom is -0.790 e. The minimum absolute atomic E-state index is 0. The maximum Gasteiger partial charge on any atom is 2.00 e. The molecule has 0 atom stereocenters. The molecule has 56 valence electrons. The second-order valence-corrected chi connectivity index (χ2v) is 1.86. The summed E-state index contributed by atoms with van der Waals surface area (Å²) in [5.41, 5.74) is 8.94. The van der Waals surface area contributed by atoms with Gasteiger partial charge in [-0.2, -0.15) is 0 Å². The zero-order chi connectivity index (χ0) is 8.08. The van der Waals surface area contributed by atoms with Gasteiger partial charge in [0, 0.05) is 0 Å². The van der Waals surface area contributed by atoms with Gasteiger partial charge in [-0.25, -0.2) is 0 Å². The van der Waals surface area contributed by atoms with Crippen molar-refractivity contribution >= 4 is 36.8 Å². The van der Waals surface area contributed by atoms with Crippen molar-refractivity contribution in [2.45, 2.75) is 0 Å². The van der Waals surface area contributed by atoms with Gasteiger partial charge < -0.3 is 30.7 Å². The van der Waals surface area contributed by atoms with Crippen LogP contribution in [0.4, 0.5) is 0 Å². The average Bonchev–Trinajstić information content (AvgIpc) is 1.19. The molecule has 0 aromatic carbocycles. The molecular formula is CH6MgN3O4P. The number of phosphoric acid groups is 1. The molecule has 0 amide bonds. The van der Waals surface area contributed by atoms with E-state index in [1.807, 2.05) is 0 Å². The summed E-state index contributed by atoms with van der Waals surface area (Å²) in [5.74, 6) is -0.333. The molecule has 0 spiro atoms. The van der Waals surface area contributed by atoms with Gasteiger partial charge >= 0.3 is 23.1 Å². The van der Waals surface area contributed by atoms with Crippen molar-refractivity contribution in [3.05, 3.63) is 0 Å². The van der Waals surface area contributed by atoms with Crippen LogP contribution in [0.1, 0.15) is 0 Å². The Balaban J connectivity index is -0.0000000910. The molecule has 0 saturated heterocycles. The average molecular weight is 179 g/mol. The molecule has 0 aliphatic heterocycles. The van der Waals surface area contributed by atoms with E-state index in [4.69, 9.17) is 24.7 Å². The van der Waals surface area contributed by atoms with Gasteiger partial charge in [0.15, 0.2) is 5.96 Å². The van der Waals surface area contributed by atoms with Crippen LogP contribution in [0.2, 0.25) is 0 Å². The molecule has 0 bridgehead atoms. The largest absolute Gasteiger partial charge is 2.00 e. The molecule has 9 heteroatoms. The Bertz CT molecular complexity index is 120. The van der Waals surface area contributed by atoms with Crippen LogP contribution in [0.15, 0.2) is 0 Å². The topological polar surface area (TPSA) is 159 Å². The zero-order valence-corrected chi connectivity index (χ0v) is 7.29. The maximum atomic E-state index is 8.66. The van der Waals surface area contributed by atoms with Gasteiger partial charge in [-0.15, -0.1) is 0 Å². The Hall–Kier alpha value is 0.146. The summed E-state index contributed by atoms with van der Waals surface area (Å²) in [6, 6.07) is 0. The van der Waals surface area contributed by atoms with Crippen LogP contribution in [0, 0.1) is 5.41 Å². The zero-order valence-electron chi connectivity index (χ0n) is 4.98. The Morgan fingerprint density at radius 1 is 1.50 bits per heavy atom. The van der Waals surface area contributed by atoms with Gasteiger partial charge in [-0.3, -0.25) is 5.41 Å². The fraction of sp³-hybridized carbons (Fsp3) is 0. The predicted molar refractivity (Wildman–Crippen MR) is 31.7 cm³/mol. The summed E-state index contributed by atoms with van der Waals surface area (Å²) in [4.78, 5) is 24.3. The van der Waals surface area contributed by atoms with E-state index in [9.17, 15) is 0 Å². The summed E-state index contributed by atoms with van der Waals surface area (Å²) < 4.78 is 8.66. The predicted octanol–water partition coefficient (Wildman–Crippen LogP) is -3.73. The van der Waals surface area contributed by atoms with Gasteiger partial charge in [0.2, 0.25) is 0 Å². The van der Waals surface area contributed by atoms with Crippen molar-refractivity contribution < 1.29 is 19.2 Å². The Morgan fingerprint density at radius 2 is 1.50 bits per heavy atom. The summed E-state index contributed by atoms with van der Waals surface area (Å²) in [6.07, 6.45) is 0. The van der Waals surface area contributed by atoms with Crippen molar-refractivity contribution in [1.29, 1.82) is 5.41 Å². The third-order valence-electron chi connectivity index (χ3n) is 0. The monoisotopic (exact) mass is 179 g/mol. The van der Waals surface area contributed by atoms with Crippen LogP contribution in [-0.4, -0.2) is 33.9 Å². The number of nitrogens with two attached hydrogens (primary N) is 2. The van der Waals surface area contributed by atoms with E-state index in [2.05, 4.69) is 11.5 Å². The van der Waals surface area contributed by atoms with Crippen LogP contribution in [0.5, 0.6) is 0 Å². The Kier molecular flexibility index (Phi) is 12.1. The van der Waals surface area contributed by atoms with E-state index < -0.39 is 7.82 Å². The van der Waals surface area contributed by atoms with Gasteiger partial charge in [-0.05, 0) is 0 Å². The van der Waals surface area contributed by atoms with Gasteiger partial charge in [0.1, 0.15) is 0 Å². The molecule has 7 nitrogen and oxygen atoms in total. The van der Waals surface area contributed by atoms with E-state index in [-0.39, 0.29) is 29.0 Å². The van der Waals surface area contributed by atoms with E-state index in [0.29, 0.717) is 0 Å². The Labute approximate surface area is 73.3 Å². The van der Waals surface area contributed by atoms with E-state index >= 15 is 0 Å². The van der Waals surface area contributed by atoms with Gasteiger partial charge in [-0.1, -0.05) is 0 Å². The summed E-state index contributed by atoms with van der Waals surface area (Å²) in [5, 5.41) is 6.06. The number of hydrogen-bond donors (Lipinski definition) is 4. The smallest absolute Gasteiger partial charge is 0.790 e. The fourth-order valence-electron chi connectivity index (χ4n) is 0. The standard InChI is InChI=1S/CH5N3.Mg.H3O4P/c2-1(3)4;;1-5(2,3)4/h(H5,2,3,4);;(H3,1,2,3,4)/q;+2;/p-2. The third-order valence-corrected chi connectivity index (χ3v) is 0. The third kappa shape index (κ3) is 19500. The summed E-state index contributed by atoms with van der Waals surface area (Å²) in [7, 11) is -5.14. The molecule has 0 fully saturated rings. The second kappa shape index (κ2) is 7.26. The molecule has 0 rings (SSSR count). The van der Waals surface area contributed by atoms with Gasteiger partial charge in [0.25, 0.3) is 0 Å². The second-order valence-electron chi connectivity index (χ2n) is 0.924. The van der Waals surface area contributed by atoms with Crippen LogP contribution in [-0.2, 0) is 4.57 Å². The molecule has 0 unspecified atom stereocenters. The number of nitrogens with one attached hydrogen (secondary N) is 1. The Morgan fingerprint density at radius 3 is 1.50 bits per heavy atom. The van der Waals surface area contributed by atoms with Crippen molar-refractivity contribution in [1.82, 2.24) is 0 Å². The molecule has 0 aromatic rings. The number of guanidine groups is 1. The molecule has 0 aromatic heterocycles. The molecule has 0 aliphatic carbocycles. The van der Waals surface area contributed by atoms with E-state index in [1.165, 1.54) is 0 Å². The normalized spacial score (nSPS) is 8.30. The first-order valence-electron chi connectivity index (χ1n) is 1.58. The first-order chi connectivity index (χ1) is 3.73. The van der Waals surface area contributed by atoms with Crippen LogP contribution >= 0.6 is 7.82 Å². The SMILES string of the molecule is N=C(N)N.O=P([O-])([O-])O.[Mg+2]. The quantitative estimate of drug-likeness (QED) is 0.129. The van der Waals surface area contributed by atoms with Crippen LogP contribution < -0.4 is 21.3 Å². The number of hydrogen-bond acceptors (Lipinski definition) is 4. The number of rotatable bonds is 0. The molecular weight excluding hydrogens is 173 g/mol. The van der Waals surface area contributed by atoms with Crippen molar-refractivity contribution in [2.75, 3.05) is 0 Å². The van der Waals surface area contributed by atoms with Gasteiger partial charge in [0.05, 0.1) is 7.82 Å². The summed E-state index contributed by atoms with van der Waals surface area (Å²) >= 11 is 0. The first-order valence-corrected chi connectivity index (χ1v) is 3.07. The molecule has 0 aliphatic rings. The molecule has 0 heterocycles. The minimum atomic E-state index is -5.14. The summed E-state index contributed by atoms with van der Waals surface area (Å²) in [6.45, 7) is 0. The molecule has 0 saturated carbocycles. The van der Waals surface area contributed by atoms with Crippen molar-refractivity contribution in [3.8, 4) is 0 Å². The molecule has 0 radical (unpaired) electrons.